The van der Waals surface area contributed by atoms with E-state index in [2.05, 4.69) is 31.4 Å². The molecule has 37 heavy (non-hydrogen) atoms. The Morgan fingerprint density at radius 3 is 2.46 bits per heavy atom. The lowest BCUT2D eigenvalue weighted by Crippen LogP contribution is -2.24. The summed E-state index contributed by atoms with van der Waals surface area (Å²) in [5.74, 6) is 0.973. The fraction of sp³-hybridized carbons (Fsp3) is 0.154. The second-order valence-electron chi connectivity index (χ2n) is 7.53. The predicted octanol–water partition coefficient (Wildman–Crippen LogP) is 4.42. The van der Waals surface area contributed by atoms with Crippen molar-refractivity contribution in [1.82, 2.24) is 15.0 Å². The molecule has 4 aromatic rings. The van der Waals surface area contributed by atoms with Gasteiger partial charge in [-0.3, -0.25) is 14.2 Å². The average molecular weight is 583 g/mol. The lowest BCUT2D eigenvalue weighted by Gasteiger charge is -2.14. The molecule has 190 valence electrons. The van der Waals surface area contributed by atoms with Crippen molar-refractivity contribution in [3.05, 3.63) is 81.1 Å². The van der Waals surface area contributed by atoms with Gasteiger partial charge < -0.3 is 14.2 Å². The number of methoxy groups -OCH3 is 3. The van der Waals surface area contributed by atoms with Crippen LogP contribution in [0.5, 0.6) is 17.2 Å². The van der Waals surface area contributed by atoms with Crippen LogP contribution >= 0.6 is 27.7 Å². The molecule has 0 atom stereocenters. The van der Waals surface area contributed by atoms with E-state index in [9.17, 15) is 9.59 Å². The second-order valence-corrected chi connectivity index (χ2v) is 9.39. The number of carbonyl (C=O) groups is 1. The highest BCUT2D eigenvalue weighted by Crippen LogP contribution is 2.39. The monoisotopic (exact) mass is 582 g/mol. The van der Waals surface area contributed by atoms with Gasteiger partial charge in [0.05, 0.1) is 49.9 Å². The number of carbonyl (C=O) groups excluding carboxylic acids is 1. The molecule has 0 saturated carbocycles. The number of nitrogens with one attached hydrogen (secondary N) is 1. The summed E-state index contributed by atoms with van der Waals surface area (Å²) in [5, 5.41) is 4.93. The molecule has 0 spiro atoms. The Labute approximate surface area is 225 Å². The second kappa shape index (κ2) is 11.9. The third-order valence-electron chi connectivity index (χ3n) is 5.29. The van der Waals surface area contributed by atoms with E-state index >= 15 is 0 Å². The Hall–Kier alpha value is -3.83. The molecular weight excluding hydrogens is 560 g/mol. The summed E-state index contributed by atoms with van der Waals surface area (Å²) in [7, 11) is 4.55. The molecule has 1 N–H and O–H groups in total. The molecular formula is C26H23BrN4O5S. The van der Waals surface area contributed by atoms with Crippen LogP contribution in [0.2, 0.25) is 0 Å². The quantitative estimate of drug-likeness (QED) is 0.135. The van der Waals surface area contributed by atoms with E-state index in [-0.39, 0.29) is 17.2 Å². The van der Waals surface area contributed by atoms with Crippen molar-refractivity contribution >= 4 is 50.7 Å². The highest BCUT2D eigenvalue weighted by atomic mass is 79.9. The summed E-state index contributed by atoms with van der Waals surface area (Å²) in [4.78, 5) is 30.5. The molecule has 3 aromatic carbocycles. The maximum Gasteiger partial charge on any atom is 0.266 e. The predicted molar refractivity (Wildman–Crippen MR) is 148 cm³/mol. The molecule has 9 nitrogen and oxygen atoms in total. The molecule has 0 unspecified atom stereocenters. The first-order chi connectivity index (χ1) is 18.0. The number of halogens is 1. The zero-order valence-corrected chi connectivity index (χ0v) is 22.6. The van der Waals surface area contributed by atoms with Gasteiger partial charge in [0.2, 0.25) is 5.75 Å². The normalized spacial score (nSPS) is 11.0. The van der Waals surface area contributed by atoms with Gasteiger partial charge in [-0.25, -0.2) is 10.4 Å². The Kier molecular flexibility index (Phi) is 8.47. The zero-order valence-electron chi connectivity index (χ0n) is 20.2. The van der Waals surface area contributed by atoms with E-state index in [4.69, 9.17) is 14.2 Å². The average Bonchev–Trinajstić information content (AvgIpc) is 2.92. The molecule has 0 aliphatic heterocycles. The number of fused-ring (bicyclic) bond motifs is 1. The molecule has 4 rings (SSSR count). The van der Waals surface area contributed by atoms with E-state index in [1.807, 2.05) is 30.3 Å². The molecule has 1 heterocycles. The fourth-order valence-electron chi connectivity index (χ4n) is 3.59. The van der Waals surface area contributed by atoms with Crippen molar-refractivity contribution in [3.63, 3.8) is 0 Å². The molecule has 0 radical (unpaired) electrons. The molecule has 0 bridgehead atoms. The minimum absolute atomic E-state index is 0.0122. The Bertz CT molecular complexity index is 1520. The number of ether oxygens (including phenoxy) is 3. The van der Waals surface area contributed by atoms with Crippen LogP contribution in [0.25, 0.3) is 16.6 Å². The van der Waals surface area contributed by atoms with Crippen LogP contribution in [0.1, 0.15) is 5.56 Å². The third-order valence-corrected chi connectivity index (χ3v) is 6.76. The number of thioether (sulfide) groups is 1. The molecule has 1 amide bonds. The minimum Gasteiger partial charge on any atom is -0.493 e. The first-order valence-electron chi connectivity index (χ1n) is 11.0. The highest BCUT2D eigenvalue weighted by Gasteiger charge is 2.16. The zero-order chi connectivity index (χ0) is 26.4. The summed E-state index contributed by atoms with van der Waals surface area (Å²) in [6.45, 7) is 0. The van der Waals surface area contributed by atoms with Crippen molar-refractivity contribution in [1.29, 1.82) is 0 Å². The van der Waals surface area contributed by atoms with Crippen LogP contribution in [0, 0.1) is 0 Å². The first kappa shape index (κ1) is 26.2. The number of hydrogen-bond donors (Lipinski definition) is 1. The lowest BCUT2D eigenvalue weighted by atomic mass is 10.2. The van der Waals surface area contributed by atoms with E-state index in [1.54, 1.807) is 30.3 Å². The number of amides is 1. The molecule has 0 aliphatic rings. The summed E-state index contributed by atoms with van der Waals surface area (Å²) < 4.78 is 18.5. The van der Waals surface area contributed by atoms with Gasteiger partial charge in [0, 0.05) is 10.0 Å². The van der Waals surface area contributed by atoms with Gasteiger partial charge in [-0.1, -0.05) is 39.8 Å². The SMILES string of the molecule is COc1ccc(C=NNC(=O)CSc2nc3ccccc3c(=O)n2-c2ccc(Br)cc2)c(OC)c1OC. The van der Waals surface area contributed by atoms with Crippen molar-refractivity contribution in [2.24, 2.45) is 5.10 Å². The fourth-order valence-corrected chi connectivity index (χ4v) is 4.66. The van der Waals surface area contributed by atoms with Crippen molar-refractivity contribution in [2.45, 2.75) is 5.16 Å². The number of hydrazone groups is 1. The number of nitrogens with zero attached hydrogens (tertiary/aromatic N) is 3. The van der Waals surface area contributed by atoms with Gasteiger partial charge in [0.1, 0.15) is 0 Å². The van der Waals surface area contributed by atoms with E-state index in [0.717, 1.165) is 16.2 Å². The molecule has 0 fully saturated rings. The van der Waals surface area contributed by atoms with Crippen LogP contribution in [0.3, 0.4) is 0 Å². The highest BCUT2D eigenvalue weighted by molar-refractivity contribution is 9.10. The summed E-state index contributed by atoms with van der Waals surface area (Å²) in [6, 6.07) is 17.9. The number of para-hydroxylation sites is 1. The molecule has 1 aromatic heterocycles. The Morgan fingerprint density at radius 2 is 1.76 bits per heavy atom. The summed E-state index contributed by atoms with van der Waals surface area (Å²) in [6.07, 6.45) is 1.45. The number of hydrogen-bond acceptors (Lipinski definition) is 8. The third kappa shape index (κ3) is 5.78. The molecule has 0 saturated heterocycles. The van der Waals surface area contributed by atoms with Gasteiger partial charge in [0.15, 0.2) is 16.7 Å². The van der Waals surface area contributed by atoms with E-state index in [1.165, 1.54) is 32.1 Å². The van der Waals surface area contributed by atoms with Crippen LogP contribution in [0.15, 0.2) is 80.2 Å². The maximum atomic E-state index is 13.3. The number of benzene rings is 3. The van der Waals surface area contributed by atoms with Crippen molar-refractivity contribution in [3.8, 4) is 22.9 Å². The van der Waals surface area contributed by atoms with Crippen LogP contribution in [0.4, 0.5) is 0 Å². The van der Waals surface area contributed by atoms with Gasteiger partial charge in [-0.2, -0.15) is 5.10 Å². The van der Waals surface area contributed by atoms with E-state index in [0.29, 0.717) is 44.6 Å². The van der Waals surface area contributed by atoms with Crippen LogP contribution in [-0.2, 0) is 4.79 Å². The smallest absolute Gasteiger partial charge is 0.266 e. The number of rotatable bonds is 9. The van der Waals surface area contributed by atoms with Crippen molar-refractivity contribution in [2.75, 3.05) is 27.1 Å². The van der Waals surface area contributed by atoms with Gasteiger partial charge in [-0.05, 0) is 48.5 Å². The van der Waals surface area contributed by atoms with Crippen LogP contribution in [-0.4, -0.2) is 48.8 Å². The van der Waals surface area contributed by atoms with Gasteiger partial charge in [0.25, 0.3) is 11.5 Å². The van der Waals surface area contributed by atoms with Crippen LogP contribution < -0.4 is 25.2 Å². The van der Waals surface area contributed by atoms with Gasteiger partial charge >= 0.3 is 0 Å². The Balaban J connectivity index is 1.54. The largest absolute Gasteiger partial charge is 0.493 e. The summed E-state index contributed by atoms with van der Waals surface area (Å²) >= 11 is 4.56. The topological polar surface area (TPSA) is 104 Å². The van der Waals surface area contributed by atoms with Gasteiger partial charge in [-0.15, -0.1) is 0 Å². The van der Waals surface area contributed by atoms with Crippen molar-refractivity contribution < 1.29 is 19.0 Å². The maximum absolute atomic E-state index is 13.3. The Morgan fingerprint density at radius 1 is 1.03 bits per heavy atom. The first-order valence-corrected chi connectivity index (χ1v) is 12.8. The van der Waals surface area contributed by atoms with E-state index < -0.39 is 0 Å². The number of aromatic nitrogens is 2. The molecule has 0 aliphatic carbocycles. The molecule has 11 heteroatoms. The minimum atomic E-state index is -0.370. The summed E-state index contributed by atoms with van der Waals surface area (Å²) in [5.41, 5.74) is 4.08. The lowest BCUT2D eigenvalue weighted by molar-refractivity contribution is -0.118. The standard InChI is InChI=1S/C26H23BrN4O5S/c1-34-21-13-8-16(23(35-2)24(21)36-3)14-28-30-22(32)15-37-26-29-20-7-5-4-6-19(20)25(33)31(26)18-11-9-17(27)10-12-18/h4-14H,15H2,1-3H3,(H,30,32).